The first-order valence-corrected chi connectivity index (χ1v) is 11.2. The molecule has 1 aliphatic carbocycles. The molecular formula is C24H45NO3. The van der Waals surface area contributed by atoms with Crippen LogP contribution in [-0.4, -0.2) is 37.4 Å². The van der Waals surface area contributed by atoms with Crippen molar-refractivity contribution in [2.75, 3.05) is 19.8 Å². The highest BCUT2D eigenvalue weighted by molar-refractivity contribution is 5.86. The molecule has 0 amide bonds. The third-order valence-corrected chi connectivity index (χ3v) is 7.00. The van der Waals surface area contributed by atoms with Gasteiger partial charge in [-0.1, -0.05) is 41.2 Å². The van der Waals surface area contributed by atoms with Crippen molar-refractivity contribution in [1.29, 1.82) is 0 Å². The van der Waals surface area contributed by atoms with Gasteiger partial charge in [0.1, 0.15) is 0 Å². The fraction of sp³-hybridized carbons (Fsp3) is 0.875. The van der Waals surface area contributed by atoms with Gasteiger partial charge in [-0.05, 0) is 63.7 Å². The summed E-state index contributed by atoms with van der Waals surface area (Å²) in [6.07, 6.45) is 5.27. The highest BCUT2D eigenvalue weighted by Gasteiger charge is 2.44. The first-order valence-electron chi connectivity index (χ1n) is 11.2. The van der Waals surface area contributed by atoms with Gasteiger partial charge < -0.3 is 14.8 Å². The summed E-state index contributed by atoms with van der Waals surface area (Å²) in [5, 5.41) is 3.65. The third kappa shape index (κ3) is 6.88. The van der Waals surface area contributed by atoms with Crippen molar-refractivity contribution in [1.82, 2.24) is 5.32 Å². The topological polar surface area (TPSA) is 47.6 Å². The molecule has 1 N–H and O–H groups in total. The third-order valence-electron chi connectivity index (χ3n) is 7.00. The van der Waals surface area contributed by atoms with Crippen LogP contribution in [0.3, 0.4) is 0 Å². The molecule has 1 fully saturated rings. The lowest BCUT2D eigenvalue weighted by molar-refractivity contribution is -0.140. The molecule has 0 bridgehead atoms. The summed E-state index contributed by atoms with van der Waals surface area (Å²) in [4.78, 5) is 11.5. The average molecular weight is 396 g/mol. The number of carbonyl (C=O) groups excluding carboxylic acids is 1. The Kier molecular flexibility index (Phi) is 9.69. The van der Waals surface area contributed by atoms with Gasteiger partial charge in [-0.15, -0.1) is 0 Å². The SMILES string of the molecule is C=C(C)C(=O)OCC(C)CNC(C)(C)C(C)COC1CC(C)CC1(CC)CC. The van der Waals surface area contributed by atoms with Crippen LogP contribution in [0.15, 0.2) is 12.2 Å². The van der Waals surface area contributed by atoms with Crippen molar-refractivity contribution in [3.63, 3.8) is 0 Å². The van der Waals surface area contributed by atoms with E-state index in [1.165, 1.54) is 25.7 Å². The van der Waals surface area contributed by atoms with E-state index >= 15 is 0 Å². The maximum Gasteiger partial charge on any atom is 0.333 e. The van der Waals surface area contributed by atoms with Gasteiger partial charge in [0.15, 0.2) is 0 Å². The largest absolute Gasteiger partial charge is 0.462 e. The second-order valence-electron chi connectivity index (χ2n) is 9.92. The van der Waals surface area contributed by atoms with Crippen molar-refractivity contribution in [3.05, 3.63) is 12.2 Å². The van der Waals surface area contributed by atoms with Crippen molar-refractivity contribution in [2.45, 2.75) is 92.7 Å². The Hall–Kier alpha value is -0.870. The molecule has 4 atom stereocenters. The Morgan fingerprint density at radius 2 is 1.86 bits per heavy atom. The Labute approximate surface area is 173 Å². The van der Waals surface area contributed by atoms with Gasteiger partial charge in [-0.3, -0.25) is 0 Å². The number of carbonyl (C=O) groups is 1. The lowest BCUT2D eigenvalue weighted by Gasteiger charge is -2.38. The van der Waals surface area contributed by atoms with Gasteiger partial charge >= 0.3 is 5.97 Å². The Bertz CT molecular complexity index is 510. The van der Waals surface area contributed by atoms with Gasteiger partial charge in [-0.2, -0.15) is 0 Å². The molecule has 28 heavy (non-hydrogen) atoms. The number of hydrogen-bond donors (Lipinski definition) is 1. The van der Waals surface area contributed by atoms with Crippen LogP contribution >= 0.6 is 0 Å². The van der Waals surface area contributed by atoms with Crippen LogP contribution in [0.4, 0.5) is 0 Å². The minimum atomic E-state index is -0.311. The van der Waals surface area contributed by atoms with E-state index in [0.717, 1.165) is 19.1 Å². The maximum atomic E-state index is 11.5. The fourth-order valence-electron chi connectivity index (χ4n) is 4.24. The zero-order valence-corrected chi connectivity index (χ0v) is 19.7. The smallest absolute Gasteiger partial charge is 0.333 e. The van der Waals surface area contributed by atoms with E-state index in [-0.39, 0.29) is 17.4 Å². The standard InChI is InChI=1S/C24H45NO3/c1-10-24(11-2)13-18(5)12-21(24)27-16-20(7)23(8,9)25-14-19(6)15-28-22(26)17(3)4/h18-21,25H,3,10-16H2,1-2,4-9H3. The average Bonchev–Trinajstić information content (AvgIpc) is 2.98. The van der Waals surface area contributed by atoms with E-state index in [2.05, 4.69) is 60.4 Å². The summed E-state index contributed by atoms with van der Waals surface area (Å²) >= 11 is 0. The normalized spacial score (nSPS) is 24.0. The molecule has 0 radical (unpaired) electrons. The molecule has 0 spiro atoms. The lowest BCUT2D eigenvalue weighted by Crippen LogP contribution is -2.49. The second-order valence-corrected chi connectivity index (χ2v) is 9.92. The summed E-state index contributed by atoms with van der Waals surface area (Å²) < 4.78 is 11.8. The van der Waals surface area contributed by atoms with E-state index < -0.39 is 0 Å². The van der Waals surface area contributed by atoms with Crippen LogP contribution in [0, 0.1) is 23.2 Å². The number of nitrogens with one attached hydrogen (secondary N) is 1. The lowest BCUT2D eigenvalue weighted by atomic mass is 9.78. The molecule has 164 valence electrons. The molecule has 0 aromatic rings. The number of hydrogen-bond acceptors (Lipinski definition) is 4. The van der Waals surface area contributed by atoms with Crippen LogP contribution < -0.4 is 5.32 Å². The molecule has 0 aromatic carbocycles. The molecular weight excluding hydrogens is 350 g/mol. The number of ether oxygens (including phenoxy) is 2. The van der Waals surface area contributed by atoms with Crippen molar-refractivity contribution >= 4 is 5.97 Å². The van der Waals surface area contributed by atoms with Gasteiger partial charge in [0, 0.05) is 23.6 Å². The quantitative estimate of drug-likeness (QED) is 0.356. The van der Waals surface area contributed by atoms with Gasteiger partial charge in [-0.25, -0.2) is 4.79 Å². The van der Waals surface area contributed by atoms with Crippen LogP contribution in [0.25, 0.3) is 0 Å². The number of rotatable bonds is 12. The Morgan fingerprint density at radius 1 is 1.25 bits per heavy atom. The van der Waals surface area contributed by atoms with Crippen LogP contribution in [0.1, 0.15) is 81.1 Å². The zero-order chi connectivity index (χ0) is 21.5. The van der Waals surface area contributed by atoms with Crippen molar-refractivity contribution in [3.8, 4) is 0 Å². The molecule has 4 unspecified atom stereocenters. The van der Waals surface area contributed by atoms with E-state index in [4.69, 9.17) is 9.47 Å². The van der Waals surface area contributed by atoms with Gasteiger partial charge in [0.25, 0.3) is 0 Å². The van der Waals surface area contributed by atoms with E-state index in [1.807, 2.05) is 0 Å². The maximum absolute atomic E-state index is 11.5. The monoisotopic (exact) mass is 395 g/mol. The second kappa shape index (κ2) is 10.8. The molecule has 0 aromatic heterocycles. The highest BCUT2D eigenvalue weighted by Crippen LogP contribution is 2.48. The van der Waals surface area contributed by atoms with E-state index in [1.54, 1.807) is 6.92 Å². The predicted molar refractivity (Wildman–Crippen MR) is 117 cm³/mol. The van der Waals surface area contributed by atoms with Crippen molar-refractivity contribution < 1.29 is 14.3 Å². The summed E-state index contributed by atoms with van der Waals surface area (Å²) in [6.45, 7) is 23.1. The molecule has 1 aliphatic rings. The summed E-state index contributed by atoms with van der Waals surface area (Å²) in [6, 6.07) is 0. The molecule has 4 heteroatoms. The Morgan fingerprint density at radius 3 is 2.39 bits per heavy atom. The van der Waals surface area contributed by atoms with Crippen LogP contribution in [-0.2, 0) is 14.3 Å². The molecule has 0 saturated heterocycles. The zero-order valence-electron chi connectivity index (χ0n) is 19.7. The molecule has 4 nitrogen and oxygen atoms in total. The molecule has 1 rings (SSSR count). The number of esters is 1. The highest BCUT2D eigenvalue weighted by atomic mass is 16.5. The summed E-state index contributed by atoms with van der Waals surface area (Å²) in [7, 11) is 0. The first-order chi connectivity index (χ1) is 13.0. The molecule has 1 saturated carbocycles. The van der Waals surface area contributed by atoms with Crippen molar-refractivity contribution in [2.24, 2.45) is 23.2 Å². The predicted octanol–water partition coefficient (Wildman–Crippen LogP) is 5.37. The fourth-order valence-corrected chi connectivity index (χ4v) is 4.24. The Balaban J connectivity index is 2.48. The minimum absolute atomic E-state index is 0.0437. The van der Waals surface area contributed by atoms with Gasteiger partial charge in [0.05, 0.1) is 19.3 Å². The summed E-state index contributed by atoms with van der Waals surface area (Å²) in [5.74, 6) is 1.09. The molecule has 0 aliphatic heterocycles. The van der Waals surface area contributed by atoms with Crippen LogP contribution in [0.5, 0.6) is 0 Å². The molecule has 0 heterocycles. The minimum Gasteiger partial charge on any atom is -0.462 e. The first kappa shape index (κ1) is 25.2. The van der Waals surface area contributed by atoms with E-state index in [9.17, 15) is 4.79 Å². The summed E-state index contributed by atoms with van der Waals surface area (Å²) in [5.41, 5.74) is 0.763. The van der Waals surface area contributed by atoms with E-state index in [0.29, 0.717) is 29.6 Å². The van der Waals surface area contributed by atoms with Crippen LogP contribution in [0.2, 0.25) is 0 Å². The van der Waals surface area contributed by atoms with Gasteiger partial charge in [0.2, 0.25) is 0 Å².